The lowest BCUT2D eigenvalue weighted by molar-refractivity contribution is 0.671. The van der Waals surface area contributed by atoms with Gasteiger partial charge in [-0.25, -0.2) is 4.98 Å². The molecule has 1 aliphatic rings. The smallest absolute Gasteiger partial charge is 0.263 e. The van der Waals surface area contributed by atoms with Crippen molar-refractivity contribution in [2.24, 2.45) is 5.92 Å². The van der Waals surface area contributed by atoms with E-state index in [9.17, 15) is 4.79 Å². The summed E-state index contributed by atoms with van der Waals surface area (Å²) in [6, 6.07) is 10.1. The Kier molecular flexibility index (Phi) is 5.14. The molecule has 1 aromatic carbocycles. The Balaban J connectivity index is 1.80. The minimum atomic E-state index is -0.624. The van der Waals surface area contributed by atoms with E-state index in [2.05, 4.69) is 18.7 Å². The van der Waals surface area contributed by atoms with Crippen molar-refractivity contribution >= 4 is 56.5 Å². The van der Waals surface area contributed by atoms with E-state index < -0.39 is 4.33 Å². The van der Waals surface area contributed by atoms with Gasteiger partial charge in [0.15, 0.2) is 5.16 Å². The third kappa shape index (κ3) is 3.58. The van der Waals surface area contributed by atoms with Crippen LogP contribution in [0.15, 0.2) is 52.9 Å². The van der Waals surface area contributed by atoms with Crippen molar-refractivity contribution in [2.45, 2.75) is 29.4 Å². The summed E-state index contributed by atoms with van der Waals surface area (Å²) in [4.78, 5) is 19.9. The quantitative estimate of drug-likeness (QED) is 0.208. The van der Waals surface area contributed by atoms with Gasteiger partial charge in [0.1, 0.15) is 9.16 Å². The fraction of sp³-hybridized carbons (Fsp3) is 0.300. The van der Waals surface area contributed by atoms with Gasteiger partial charge in [-0.15, -0.1) is 41.1 Å². The van der Waals surface area contributed by atoms with Gasteiger partial charge in [0.25, 0.3) is 5.56 Å². The van der Waals surface area contributed by atoms with E-state index in [1.54, 1.807) is 33.7 Å². The lowest BCUT2D eigenvalue weighted by Crippen LogP contribution is -2.22. The number of halogens is 2. The first kappa shape index (κ1) is 19.1. The van der Waals surface area contributed by atoms with Crippen molar-refractivity contribution in [3.8, 4) is 10.4 Å². The monoisotopic (exact) mass is 436 g/mol. The second-order valence-corrected chi connectivity index (χ2v) is 10.2. The number of benzene rings is 1. The fourth-order valence-electron chi connectivity index (χ4n) is 3.09. The predicted molar refractivity (Wildman–Crippen MR) is 118 cm³/mol. The molecule has 0 radical (unpaired) electrons. The third-order valence-electron chi connectivity index (χ3n) is 4.73. The third-order valence-corrected chi connectivity index (χ3v) is 8.03. The number of thioether (sulfide) groups is 1. The highest BCUT2D eigenvalue weighted by Crippen LogP contribution is 2.54. The second kappa shape index (κ2) is 7.28. The molecule has 2 heterocycles. The highest BCUT2D eigenvalue weighted by Gasteiger charge is 2.51. The molecular formula is C20H18Cl2N2OS2. The topological polar surface area (TPSA) is 34.9 Å². The molecule has 0 amide bonds. The van der Waals surface area contributed by atoms with Crippen molar-refractivity contribution in [2.75, 3.05) is 5.75 Å². The van der Waals surface area contributed by atoms with E-state index in [1.807, 2.05) is 25.1 Å². The van der Waals surface area contributed by atoms with Crippen LogP contribution >= 0.6 is 46.3 Å². The van der Waals surface area contributed by atoms with E-state index in [-0.39, 0.29) is 11.5 Å². The van der Waals surface area contributed by atoms with Crippen molar-refractivity contribution in [3.05, 3.63) is 58.9 Å². The first-order valence-corrected chi connectivity index (χ1v) is 11.2. The van der Waals surface area contributed by atoms with Gasteiger partial charge < -0.3 is 0 Å². The van der Waals surface area contributed by atoms with Gasteiger partial charge in [0.2, 0.25) is 0 Å². The molecule has 0 saturated heterocycles. The summed E-state index contributed by atoms with van der Waals surface area (Å²) in [5, 5.41) is 1.39. The van der Waals surface area contributed by atoms with Crippen molar-refractivity contribution in [1.29, 1.82) is 0 Å². The lowest BCUT2D eigenvalue weighted by atomic mass is 10.1. The van der Waals surface area contributed by atoms with Gasteiger partial charge in [-0.1, -0.05) is 48.2 Å². The Morgan fingerprint density at radius 3 is 2.74 bits per heavy atom. The number of thiophene rings is 1. The molecule has 1 saturated carbocycles. The maximum Gasteiger partial charge on any atom is 0.263 e. The molecule has 1 fully saturated rings. The molecule has 0 aliphatic heterocycles. The highest BCUT2D eigenvalue weighted by molar-refractivity contribution is 7.99. The van der Waals surface area contributed by atoms with Crippen LogP contribution in [0.3, 0.4) is 0 Å². The number of alkyl halides is 2. The Bertz CT molecular complexity index is 1070. The van der Waals surface area contributed by atoms with E-state index in [1.165, 1.54) is 0 Å². The zero-order chi connectivity index (χ0) is 19.2. The molecule has 0 bridgehead atoms. The van der Waals surface area contributed by atoms with Gasteiger partial charge in [-0.2, -0.15) is 0 Å². The summed E-state index contributed by atoms with van der Waals surface area (Å²) in [6.07, 6.45) is 2.51. The van der Waals surface area contributed by atoms with Crippen LogP contribution < -0.4 is 5.56 Å². The van der Waals surface area contributed by atoms with Gasteiger partial charge in [-0.05, 0) is 24.5 Å². The molecule has 1 aliphatic carbocycles. The number of allylic oxidation sites excluding steroid dienone is 1. The van der Waals surface area contributed by atoms with Crippen molar-refractivity contribution in [3.63, 3.8) is 0 Å². The predicted octanol–water partition coefficient (Wildman–Crippen LogP) is 5.91. The summed E-state index contributed by atoms with van der Waals surface area (Å²) in [7, 11) is 0. The highest BCUT2D eigenvalue weighted by atomic mass is 35.5. The van der Waals surface area contributed by atoms with Crippen molar-refractivity contribution in [1.82, 2.24) is 9.55 Å². The SMILES string of the molecule is C=CCn1c(SCC2CC2(Cl)Cl)nc2sc(-c3ccccc3)c(C)c2c1=O. The van der Waals surface area contributed by atoms with Crippen LogP contribution in [0, 0.1) is 12.8 Å². The average Bonchev–Trinajstić information content (AvgIpc) is 3.12. The molecule has 140 valence electrons. The minimum Gasteiger partial charge on any atom is -0.283 e. The largest absolute Gasteiger partial charge is 0.283 e. The number of aromatic nitrogens is 2. The number of hydrogen-bond donors (Lipinski definition) is 0. The Hall–Kier alpha value is -1.27. The Morgan fingerprint density at radius 1 is 1.41 bits per heavy atom. The lowest BCUT2D eigenvalue weighted by Gasteiger charge is -2.10. The average molecular weight is 437 g/mol. The molecule has 27 heavy (non-hydrogen) atoms. The standard InChI is InChI=1S/C20H18Cl2N2OS2/c1-3-9-24-18(25)15-12(2)16(13-7-5-4-6-8-13)27-17(15)23-19(24)26-11-14-10-20(14,21)22/h3-8,14H,1,9-11H2,2H3. The van der Waals surface area contributed by atoms with Crippen LogP contribution in [0.5, 0.6) is 0 Å². The second-order valence-electron chi connectivity index (χ2n) is 6.67. The van der Waals surface area contributed by atoms with Crippen LogP contribution in [0.1, 0.15) is 12.0 Å². The molecule has 1 atom stereocenters. The van der Waals surface area contributed by atoms with Crippen LogP contribution in [-0.2, 0) is 6.54 Å². The van der Waals surface area contributed by atoms with Crippen molar-refractivity contribution < 1.29 is 0 Å². The van der Waals surface area contributed by atoms with Gasteiger partial charge >= 0.3 is 0 Å². The number of hydrogen-bond acceptors (Lipinski definition) is 4. The molecular weight excluding hydrogens is 419 g/mol. The molecule has 3 aromatic rings. The van der Waals surface area contributed by atoms with Crippen LogP contribution in [0.25, 0.3) is 20.7 Å². The fourth-order valence-corrected chi connectivity index (χ4v) is 6.26. The van der Waals surface area contributed by atoms with Gasteiger partial charge in [0, 0.05) is 23.1 Å². The molecule has 2 aromatic heterocycles. The van der Waals surface area contributed by atoms with Crippen LogP contribution in [0.2, 0.25) is 0 Å². The Labute approximate surface area is 176 Å². The first-order chi connectivity index (χ1) is 12.9. The van der Waals surface area contributed by atoms with E-state index in [0.29, 0.717) is 17.1 Å². The number of rotatable bonds is 6. The van der Waals surface area contributed by atoms with Gasteiger partial charge in [-0.3, -0.25) is 9.36 Å². The maximum absolute atomic E-state index is 13.2. The zero-order valence-electron chi connectivity index (χ0n) is 14.7. The summed E-state index contributed by atoms with van der Waals surface area (Å²) in [5.41, 5.74) is 2.07. The first-order valence-electron chi connectivity index (χ1n) is 8.63. The summed E-state index contributed by atoms with van der Waals surface area (Å²) in [6.45, 7) is 6.21. The summed E-state index contributed by atoms with van der Waals surface area (Å²) >= 11 is 15.4. The van der Waals surface area contributed by atoms with E-state index in [4.69, 9.17) is 28.2 Å². The number of aryl methyl sites for hydroxylation is 1. The number of nitrogens with zero attached hydrogens (tertiary/aromatic N) is 2. The van der Waals surface area contributed by atoms with Gasteiger partial charge in [0.05, 0.1) is 5.39 Å². The summed E-state index contributed by atoms with van der Waals surface area (Å²) < 4.78 is 1.07. The summed E-state index contributed by atoms with van der Waals surface area (Å²) in [5.74, 6) is 0.985. The number of fused-ring (bicyclic) bond motifs is 1. The van der Waals surface area contributed by atoms with E-state index >= 15 is 0 Å². The molecule has 0 spiro atoms. The molecule has 1 unspecified atom stereocenters. The van der Waals surface area contributed by atoms with E-state index in [0.717, 1.165) is 33.0 Å². The maximum atomic E-state index is 13.2. The normalized spacial score (nSPS) is 18.0. The zero-order valence-corrected chi connectivity index (χ0v) is 17.9. The molecule has 4 rings (SSSR count). The van der Waals surface area contributed by atoms with Crippen LogP contribution in [0.4, 0.5) is 0 Å². The van der Waals surface area contributed by atoms with Crippen LogP contribution in [-0.4, -0.2) is 19.6 Å². The molecule has 3 nitrogen and oxygen atoms in total. The minimum absolute atomic E-state index is 0.0165. The molecule has 7 heteroatoms. The molecule has 0 N–H and O–H groups in total. The Morgan fingerprint density at radius 2 is 2.11 bits per heavy atom.